The van der Waals surface area contributed by atoms with Gasteiger partial charge in [-0.2, -0.15) is 0 Å². The zero-order valence-electron chi connectivity index (χ0n) is 41.3. The van der Waals surface area contributed by atoms with Gasteiger partial charge in [0.15, 0.2) is 5.82 Å². The summed E-state index contributed by atoms with van der Waals surface area (Å²) >= 11 is 7.90. The van der Waals surface area contributed by atoms with Crippen molar-refractivity contribution in [2.24, 2.45) is 4.99 Å². The van der Waals surface area contributed by atoms with E-state index in [1.54, 1.807) is 78.1 Å². The van der Waals surface area contributed by atoms with Crippen LogP contribution < -0.4 is 20.7 Å². The number of imide groups is 2. The van der Waals surface area contributed by atoms with Gasteiger partial charge in [-0.05, 0) is 86.8 Å². The molecule has 388 valence electrons. The summed E-state index contributed by atoms with van der Waals surface area (Å²) in [6, 6.07) is 27.4. The number of esters is 1. The number of piperidine rings is 1. The van der Waals surface area contributed by atoms with Gasteiger partial charge in [-0.3, -0.25) is 38.8 Å². The molecule has 1 unspecified atom stereocenters. The normalized spacial score (nSPS) is 16.9. The largest absolute Gasteiger partial charge is 0.491 e. The van der Waals surface area contributed by atoms with Crippen molar-refractivity contribution in [2.75, 3.05) is 63.4 Å². The Labute approximate surface area is 440 Å². The fourth-order valence-corrected chi connectivity index (χ4v) is 10.3. The van der Waals surface area contributed by atoms with Gasteiger partial charge in [0.1, 0.15) is 35.8 Å². The number of fused-ring (bicyclic) bond motifs is 4. The van der Waals surface area contributed by atoms with Gasteiger partial charge in [-0.15, -0.1) is 21.5 Å². The van der Waals surface area contributed by atoms with Crippen molar-refractivity contribution in [3.8, 4) is 10.8 Å². The molecule has 3 N–H and O–H groups in total. The van der Waals surface area contributed by atoms with E-state index in [1.165, 1.54) is 6.07 Å². The van der Waals surface area contributed by atoms with Crippen molar-refractivity contribution in [1.29, 1.82) is 0 Å². The maximum absolute atomic E-state index is 14.0. The van der Waals surface area contributed by atoms with Crippen LogP contribution in [0.5, 0.6) is 5.75 Å². The summed E-state index contributed by atoms with van der Waals surface area (Å²) in [7, 11) is 0. The highest BCUT2D eigenvalue weighted by Gasteiger charge is 2.62. The van der Waals surface area contributed by atoms with Crippen LogP contribution in [0, 0.1) is 20.8 Å². The molecule has 5 heterocycles. The van der Waals surface area contributed by atoms with E-state index in [2.05, 4.69) is 40.0 Å². The highest BCUT2D eigenvalue weighted by molar-refractivity contribution is 7.15. The minimum absolute atomic E-state index is 0.000875. The Morgan fingerprint density at radius 1 is 0.800 bits per heavy atom. The van der Waals surface area contributed by atoms with Crippen molar-refractivity contribution < 1.29 is 52.5 Å². The van der Waals surface area contributed by atoms with Crippen LogP contribution in [0.3, 0.4) is 0 Å². The molecule has 9 rings (SSSR count). The molecule has 0 radical (unpaired) electrons. The van der Waals surface area contributed by atoms with Gasteiger partial charge in [0.05, 0.1) is 62.9 Å². The number of aliphatic imine (C=N–C) groups is 1. The third kappa shape index (κ3) is 11.3. The van der Waals surface area contributed by atoms with E-state index >= 15 is 0 Å². The maximum Gasteiger partial charge on any atom is 0.342 e. The molecule has 5 amide bonds. The number of ether oxygens (including phenoxy) is 5. The Balaban J connectivity index is 0.672. The number of nitrogens with zero attached hydrogens (tertiary/aromatic N) is 5. The minimum atomic E-state index is -2.38. The SMILES string of the molecule is Cc1sc2c(c1C)C(c1ccc(Cl)cc1)=N[C@@H](CC(=O)Nc1ccc(OCCOCCOCCOCCNc3cccc4c3C(=O)N(C3(C(=O)OCc5ccccc5)CCC(=O)NC3=O)C4=O)cc1)c1nnc(C)n1-2. The molecule has 3 aliphatic rings. The smallest absolute Gasteiger partial charge is 0.342 e. The summed E-state index contributed by atoms with van der Waals surface area (Å²) < 4.78 is 30.3. The number of carbonyl (C=O) groups is 6. The van der Waals surface area contributed by atoms with Gasteiger partial charge < -0.3 is 34.3 Å². The first-order valence-corrected chi connectivity index (χ1v) is 25.5. The Hall–Kier alpha value is -7.62. The van der Waals surface area contributed by atoms with E-state index in [1.807, 2.05) is 35.8 Å². The molecule has 2 atom stereocenters. The second-order valence-electron chi connectivity index (χ2n) is 17.8. The van der Waals surface area contributed by atoms with E-state index in [0.29, 0.717) is 77.3 Å². The number of hydrogen-bond donors (Lipinski definition) is 3. The van der Waals surface area contributed by atoms with Crippen molar-refractivity contribution in [1.82, 2.24) is 25.0 Å². The highest BCUT2D eigenvalue weighted by Crippen LogP contribution is 2.41. The summed E-state index contributed by atoms with van der Waals surface area (Å²) in [5, 5.41) is 18.7. The Kier molecular flexibility index (Phi) is 16.2. The van der Waals surface area contributed by atoms with Crippen molar-refractivity contribution in [2.45, 2.75) is 58.2 Å². The summed E-state index contributed by atoms with van der Waals surface area (Å²) in [6.45, 7) is 8.18. The highest BCUT2D eigenvalue weighted by atomic mass is 35.5. The summed E-state index contributed by atoms with van der Waals surface area (Å²) in [5.74, 6) is -2.89. The molecular formula is C54H53ClN8O11S. The minimum Gasteiger partial charge on any atom is -0.491 e. The lowest BCUT2D eigenvalue weighted by Crippen LogP contribution is -2.68. The number of amides is 5. The molecule has 2 aromatic heterocycles. The predicted molar refractivity (Wildman–Crippen MR) is 278 cm³/mol. The molecule has 1 saturated heterocycles. The second-order valence-corrected chi connectivity index (χ2v) is 19.4. The Morgan fingerprint density at radius 2 is 1.51 bits per heavy atom. The number of carbonyl (C=O) groups excluding carboxylic acids is 6. The molecule has 0 aliphatic carbocycles. The lowest BCUT2D eigenvalue weighted by atomic mass is 9.86. The Bertz CT molecular complexity index is 3160. The number of aryl methyl sites for hydroxylation is 2. The van der Waals surface area contributed by atoms with Crippen LogP contribution in [0.2, 0.25) is 5.02 Å². The number of anilines is 2. The van der Waals surface area contributed by atoms with E-state index in [4.69, 9.17) is 40.3 Å². The molecule has 3 aliphatic heterocycles. The van der Waals surface area contributed by atoms with E-state index in [-0.39, 0.29) is 56.2 Å². The first-order chi connectivity index (χ1) is 36.3. The average molecular weight is 1060 g/mol. The second kappa shape index (κ2) is 23.3. The maximum atomic E-state index is 14.0. The van der Waals surface area contributed by atoms with Gasteiger partial charge in [0.25, 0.3) is 17.7 Å². The molecule has 75 heavy (non-hydrogen) atoms. The number of rotatable bonds is 22. The summed E-state index contributed by atoms with van der Waals surface area (Å²) in [6.07, 6.45) is -0.668. The van der Waals surface area contributed by atoms with Crippen molar-refractivity contribution in [3.05, 3.63) is 152 Å². The molecule has 1 fully saturated rings. The summed E-state index contributed by atoms with van der Waals surface area (Å²) in [4.78, 5) is 87.7. The van der Waals surface area contributed by atoms with Gasteiger partial charge in [-0.25, -0.2) is 9.69 Å². The van der Waals surface area contributed by atoms with Crippen LogP contribution in [-0.2, 0) is 44.7 Å². The van der Waals surface area contributed by atoms with Gasteiger partial charge in [0, 0.05) is 45.4 Å². The quantitative estimate of drug-likeness (QED) is 0.0272. The summed E-state index contributed by atoms with van der Waals surface area (Å²) in [5.41, 5.74) is 2.91. The molecular weight excluding hydrogens is 1000 g/mol. The fourth-order valence-electron chi connectivity index (χ4n) is 8.99. The zero-order chi connectivity index (χ0) is 52.6. The van der Waals surface area contributed by atoms with Crippen LogP contribution in [0.15, 0.2) is 102 Å². The first kappa shape index (κ1) is 52.3. The lowest BCUT2D eigenvalue weighted by molar-refractivity contribution is -0.165. The van der Waals surface area contributed by atoms with Gasteiger partial charge >= 0.3 is 5.97 Å². The average Bonchev–Trinajstić information content (AvgIpc) is 3.99. The molecule has 4 aromatic carbocycles. The third-order valence-electron chi connectivity index (χ3n) is 12.9. The van der Waals surface area contributed by atoms with Crippen LogP contribution in [0.4, 0.5) is 11.4 Å². The molecule has 6 aromatic rings. The number of aromatic nitrogens is 3. The Morgan fingerprint density at radius 3 is 2.23 bits per heavy atom. The molecule has 0 saturated carbocycles. The number of nitrogens with one attached hydrogen (secondary N) is 3. The van der Waals surface area contributed by atoms with E-state index in [9.17, 15) is 28.8 Å². The lowest BCUT2D eigenvalue weighted by Gasteiger charge is -2.38. The molecule has 21 heteroatoms. The van der Waals surface area contributed by atoms with Crippen LogP contribution >= 0.6 is 22.9 Å². The predicted octanol–water partition coefficient (Wildman–Crippen LogP) is 6.88. The van der Waals surface area contributed by atoms with Crippen LogP contribution in [-0.4, -0.2) is 119 Å². The number of halogens is 1. The number of thiophene rings is 1. The van der Waals surface area contributed by atoms with Crippen molar-refractivity contribution in [3.63, 3.8) is 0 Å². The van der Waals surface area contributed by atoms with Crippen LogP contribution in [0.25, 0.3) is 5.00 Å². The number of hydrogen-bond acceptors (Lipinski definition) is 16. The first-order valence-electron chi connectivity index (χ1n) is 24.3. The third-order valence-corrected chi connectivity index (χ3v) is 14.3. The fraction of sp³-hybridized carbons (Fsp3) is 0.315. The van der Waals surface area contributed by atoms with Gasteiger partial charge in [-0.1, -0.05) is 60.1 Å². The number of benzene rings is 4. The van der Waals surface area contributed by atoms with Crippen LogP contribution in [0.1, 0.15) is 84.8 Å². The zero-order valence-corrected chi connectivity index (χ0v) is 42.9. The van der Waals surface area contributed by atoms with E-state index in [0.717, 1.165) is 32.3 Å². The molecule has 0 spiro atoms. The topological polar surface area (TPSA) is 231 Å². The van der Waals surface area contributed by atoms with E-state index < -0.39 is 47.6 Å². The van der Waals surface area contributed by atoms with Gasteiger partial charge in [0.2, 0.25) is 17.4 Å². The monoisotopic (exact) mass is 1060 g/mol. The molecule has 0 bridgehead atoms. The molecule has 19 nitrogen and oxygen atoms in total. The van der Waals surface area contributed by atoms with Crippen molar-refractivity contribution >= 4 is 75.5 Å². The standard InChI is InChI=1S/C54H53ClN8O11S/c1-32-33(2)75-51-45(32)47(36-12-14-37(55)15-13-36)58-42(48-61-60-34(3)62(48)51)30-44(65)57-38-16-18-39(19-17-38)73-29-28-72-27-26-71-25-24-70-23-22-56-41-11-7-10-40-46(41)50(67)63(49(40)66)54(21-20-43(64)59-52(54)68)53(69)74-31-35-8-5-4-6-9-35/h4-19,42,56H,20-31H2,1-3H3,(H,57,65)(H,59,64,68)/t42-,54?/m0/s1.